The third-order valence-corrected chi connectivity index (χ3v) is 3.95. The fourth-order valence-corrected chi connectivity index (χ4v) is 2.67. The van der Waals surface area contributed by atoms with Crippen molar-refractivity contribution in [2.75, 3.05) is 25.7 Å². The predicted octanol–water partition coefficient (Wildman–Crippen LogP) is 2.66. The molecule has 0 spiro atoms. The zero-order valence-electron chi connectivity index (χ0n) is 15.6. The van der Waals surface area contributed by atoms with Gasteiger partial charge in [-0.3, -0.25) is 0 Å². The minimum atomic E-state index is -0.715. The first-order valence-electron chi connectivity index (χ1n) is 8.28. The van der Waals surface area contributed by atoms with Crippen LogP contribution in [0.4, 0.5) is 5.69 Å². The van der Waals surface area contributed by atoms with Crippen molar-refractivity contribution in [3.05, 3.63) is 65.0 Å². The number of benzene rings is 1. The van der Waals surface area contributed by atoms with Gasteiger partial charge in [-0.15, -0.1) is 0 Å². The van der Waals surface area contributed by atoms with Gasteiger partial charge in [-0.05, 0) is 43.7 Å². The number of carbonyl (C=O) groups is 3. The van der Waals surface area contributed by atoms with Gasteiger partial charge in [-0.2, -0.15) is 0 Å². The Morgan fingerprint density at radius 3 is 2.33 bits per heavy atom. The van der Waals surface area contributed by atoms with Crippen LogP contribution >= 0.6 is 0 Å². The van der Waals surface area contributed by atoms with E-state index < -0.39 is 17.9 Å². The Morgan fingerprint density at radius 1 is 1.00 bits per heavy atom. The fourth-order valence-electron chi connectivity index (χ4n) is 2.67. The average molecular weight is 371 g/mol. The van der Waals surface area contributed by atoms with Crippen LogP contribution < -0.4 is 4.90 Å². The Kier molecular flexibility index (Phi) is 6.54. The molecule has 7 nitrogen and oxygen atoms in total. The molecule has 2 rings (SSSR count). The van der Waals surface area contributed by atoms with Crippen molar-refractivity contribution in [2.45, 2.75) is 13.8 Å². The van der Waals surface area contributed by atoms with Gasteiger partial charge in [0.1, 0.15) is 5.70 Å². The van der Waals surface area contributed by atoms with Crippen LogP contribution in [0.3, 0.4) is 0 Å². The van der Waals surface area contributed by atoms with Gasteiger partial charge in [0.15, 0.2) is 0 Å². The predicted molar refractivity (Wildman–Crippen MR) is 99.0 cm³/mol. The fraction of sp³-hybridized carbons (Fsp3) is 0.250. The molecule has 1 aliphatic heterocycles. The maximum absolute atomic E-state index is 12.5. The SMILES string of the molecule is CCOC(=O)c1cccc(N2C=CC=CC(C(=O)OC)=C2C(=O)OC)c1C. The first kappa shape index (κ1) is 20.0. The quantitative estimate of drug-likeness (QED) is 0.581. The lowest BCUT2D eigenvalue weighted by molar-refractivity contribution is -0.139. The molecule has 0 N–H and O–H groups in total. The van der Waals surface area contributed by atoms with Crippen molar-refractivity contribution in [2.24, 2.45) is 0 Å². The lowest BCUT2D eigenvalue weighted by Crippen LogP contribution is -2.27. The first-order chi connectivity index (χ1) is 13.0. The van der Waals surface area contributed by atoms with Gasteiger partial charge in [-0.1, -0.05) is 12.1 Å². The van der Waals surface area contributed by atoms with E-state index in [0.717, 1.165) is 0 Å². The Bertz CT molecular complexity index is 850. The van der Waals surface area contributed by atoms with Crippen molar-refractivity contribution >= 4 is 23.6 Å². The minimum Gasteiger partial charge on any atom is -0.465 e. The third kappa shape index (κ3) is 4.08. The molecule has 1 heterocycles. The van der Waals surface area contributed by atoms with E-state index in [9.17, 15) is 14.4 Å². The summed E-state index contributed by atoms with van der Waals surface area (Å²) in [5.74, 6) is -1.86. The van der Waals surface area contributed by atoms with Gasteiger partial charge in [-0.25, -0.2) is 14.4 Å². The molecule has 0 amide bonds. The Morgan fingerprint density at radius 2 is 1.70 bits per heavy atom. The van der Waals surface area contributed by atoms with Crippen LogP contribution in [0, 0.1) is 6.92 Å². The molecule has 0 saturated carbocycles. The summed E-state index contributed by atoms with van der Waals surface area (Å²) in [5, 5.41) is 0. The molecule has 0 atom stereocenters. The first-order valence-corrected chi connectivity index (χ1v) is 8.28. The van der Waals surface area contributed by atoms with E-state index in [4.69, 9.17) is 14.2 Å². The molecule has 1 aromatic carbocycles. The van der Waals surface area contributed by atoms with Crippen molar-refractivity contribution in [3.63, 3.8) is 0 Å². The number of esters is 3. The minimum absolute atomic E-state index is 0.0153. The van der Waals surface area contributed by atoms with Crippen molar-refractivity contribution < 1.29 is 28.6 Å². The second-order valence-corrected chi connectivity index (χ2v) is 5.49. The lowest BCUT2D eigenvalue weighted by atomic mass is 10.0. The molecule has 27 heavy (non-hydrogen) atoms. The number of ether oxygens (including phenoxy) is 3. The summed E-state index contributed by atoms with van der Waals surface area (Å²) in [6.07, 6.45) is 6.35. The summed E-state index contributed by atoms with van der Waals surface area (Å²) in [6.45, 7) is 3.71. The Balaban J connectivity index is 2.68. The number of hydrogen-bond donors (Lipinski definition) is 0. The maximum Gasteiger partial charge on any atom is 0.355 e. The van der Waals surface area contributed by atoms with Crippen LogP contribution in [0.1, 0.15) is 22.8 Å². The third-order valence-electron chi connectivity index (χ3n) is 3.95. The standard InChI is InChI=1S/C20H21NO6/c1-5-27-19(23)14-10-8-11-16(13(14)2)21-12-7-6-9-15(18(22)25-3)17(21)20(24)26-4/h6-12H,5H2,1-4H3. The summed E-state index contributed by atoms with van der Waals surface area (Å²) < 4.78 is 14.7. The van der Waals surface area contributed by atoms with Crippen LogP contribution in [-0.2, 0) is 23.8 Å². The van der Waals surface area contributed by atoms with Crippen LogP contribution in [0.15, 0.2) is 53.9 Å². The molecule has 1 aromatic rings. The van der Waals surface area contributed by atoms with Crippen LogP contribution in [-0.4, -0.2) is 38.7 Å². The number of carbonyl (C=O) groups excluding carboxylic acids is 3. The zero-order valence-corrected chi connectivity index (χ0v) is 15.6. The molecular formula is C20H21NO6. The lowest BCUT2D eigenvalue weighted by Gasteiger charge is -2.25. The van der Waals surface area contributed by atoms with Crippen LogP contribution in [0.25, 0.3) is 0 Å². The van der Waals surface area contributed by atoms with E-state index >= 15 is 0 Å². The highest BCUT2D eigenvalue weighted by atomic mass is 16.5. The van der Waals surface area contributed by atoms with E-state index in [2.05, 4.69) is 0 Å². The summed E-state index contributed by atoms with van der Waals surface area (Å²) in [4.78, 5) is 38.4. The Labute approximate surface area is 157 Å². The molecule has 142 valence electrons. The maximum atomic E-state index is 12.5. The molecule has 0 saturated heterocycles. The summed E-state index contributed by atoms with van der Waals surface area (Å²) in [5.41, 5.74) is 1.51. The van der Waals surface area contributed by atoms with E-state index in [1.165, 1.54) is 25.2 Å². The van der Waals surface area contributed by atoms with E-state index in [0.29, 0.717) is 16.8 Å². The van der Waals surface area contributed by atoms with E-state index in [1.54, 1.807) is 50.4 Å². The number of methoxy groups -OCH3 is 2. The highest BCUT2D eigenvalue weighted by Crippen LogP contribution is 2.30. The van der Waals surface area contributed by atoms with Gasteiger partial charge < -0.3 is 19.1 Å². The molecule has 0 radical (unpaired) electrons. The second-order valence-electron chi connectivity index (χ2n) is 5.49. The van der Waals surface area contributed by atoms with Gasteiger partial charge >= 0.3 is 17.9 Å². The van der Waals surface area contributed by atoms with Gasteiger partial charge in [0.2, 0.25) is 0 Å². The molecular weight excluding hydrogens is 350 g/mol. The Hall–Kier alpha value is -3.35. The van der Waals surface area contributed by atoms with Crippen LogP contribution in [0.5, 0.6) is 0 Å². The smallest absolute Gasteiger partial charge is 0.355 e. The molecule has 0 aromatic heterocycles. The van der Waals surface area contributed by atoms with E-state index in [-0.39, 0.29) is 17.9 Å². The van der Waals surface area contributed by atoms with E-state index in [1.807, 2.05) is 0 Å². The van der Waals surface area contributed by atoms with Crippen molar-refractivity contribution in [1.29, 1.82) is 0 Å². The molecule has 0 unspecified atom stereocenters. The molecule has 0 fully saturated rings. The number of allylic oxidation sites excluding steroid dienone is 2. The summed E-state index contributed by atoms with van der Waals surface area (Å²) in [6, 6.07) is 5.04. The van der Waals surface area contributed by atoms with Gasteiger partial charge in [0.25, 0.3) is 0 Å². The monoisotopic (exact) mass is 371 g/mol. The second kappa shape index (κ2) is 8.84. The van der Waals surface area contributed by atoms with Crippen LogP contribution in [0.2, 0.25) is 0 Å². The van der Waals surface area contributed by atoms with Gasteiger partial charge in [0, 0.05) is 11.9 Å². The summed E-state index contributed by atoms with van der Waals surface area (Å²) >= 11 is 0. The largest absolute Gasteiger partial charge is 0.465 e. The average Bonchev–Trinajstić information content (AvgIpc) is 2.90. The number of anilines is 1. The highest BCUT2D eigenvalue weighted by Gasteiger charge is 2.29. The van der Waals surface area contributed by atoms with Gasteiger partial charge in [0.05, 0.1) is 32.0 Å². The highest BCUT2D eigenvalue weighted by molar-refractivity contribution is 6.06. The zero-order chi connectivity index (χ0) is 20.0. The topological polar surface area (TPSA) is 82.1 Å². The molecule has 0 bridgehead atoms. The molecule has 0 aliphatic carbocycles. The van der Waals surface area contributed by atoms with Crippen molar-refractivity contribution in [3.8, 4) is 0 Å². The molecule has 1 aliphatic rings. The number of rotatable bonds is 5. The van der Waals surface area contributed by atoms with Crippen molar-refractivity contribution in [1.82, 2.24) is 0 Å². The normalized spacial score (nSPS) is 13.3. The number of nitrogens with zero attached hydrogens (tertiary/aromatic N) is 1. The summed E-state index contributed by atoms with van der Waals surface area (Å²) in [7, 11) is 2.45. The number of hydrogen-bond acceptors (Lipinski definition) is 7. The molecule has 7 heteroatoms.